The zero-order valence-electron chi connectivity index (χ0n) is 12.1. The first-order valence-electron chi connectivity index (χ1n) is 7.32. The quantitative estimate of drug-likeness (QED) is 0.738. The molecular weight excluding hydrogens is 254 g/mol. The minimum atomic E-state index is 0.674. The Hall–Kier alpha value is -0.510. The summed E-state index contributed by atoms with van der Waals surface area (Å²) in [6.07, 6.45) is 1.21. The van der Waals surface area contributed by atoms with Gasteiger partial charge < -0.3 is 4.74 Å². The molecule has 1 heterocycles. The smallest absolute Gasteiger partial charge is 0.0594 e. The van der Waals surface area contributed by atoms with Gasteiger partial charge in [-0.25, -0.2) is 0 Å². The van der Waals surface area contributed by atoms with Gasteiger partial charge in [-0.2, -0.15) is 0 Å². The SMILES string of the molecule is CCC(C)c1ccc(SCCN2CCOCC2)cc1. The van der Waals surface area contributed by atoms with Crippen molar-refractivity contribution in [1.82, 2.24) is 4.90 Å². The number of hydrogen-bond acceptors (Lipinski definition) is 3. The Morgan fingerprint density at radius 2 is 1.89 bits per heavy atom. The van der Waals surface area contributed by atoms with Crippen molar-refractivity contribution in [2.24, 2.45) is 0 Å². The summed E-state index contributed by atoms with van der Waals surface area (Å²) in [4.78, 5) is 3.88. The third-order valence-electron chi connectivity index (χ3n) is 3.84. The lowest BCUT2D eigenvalue weighted by Gasteiger charge is -2.26. The molecule has 0 saturated carbocycles. The second-order valence-electron chi connectivity index (χ2n) is 5.18. The van der Waals surface area contributed by atoms with Crippen molar-refractivity contribution in [3.05, 3.63) is 29.8 Å². The van der Waals surface area contributed by atoms with Crippen LogP contribution >= 0.6 is 11.8 Å². The lowest BCUT2D eigenvalue weighted by Crippen LogP contribution is -2.37. The lowest BCUT2D eigenvalue weighted by atomic mass is 9.99. The molecule has 0 amide bonds. The van der Waals surface area contributed by atoms with E-state index in [1.165, 1.54) is 29.2 Å². The number of ether oxygens (including phenoxy) is 1. The largest absolute Gasteiger partial charge is 0.379 e. The monoisotopic (exact) mass is 279 g/mol. The Bertz CT molecular complexity index is 360. The van der Waals surface area contributed by atoms with E-state index in [0.29, 0.717) is 5.92 Å². The number of benzene rings is 1. The summed E-state index contributed by atoms with van der Waals surface area (Å²) >= 11 is 1.96. The first-order valence-corrected chi connectivity index (χ1v) is 8.31. The van der Waals surface area contributed by atoms with Gasteiger partial charge in [0, 0.05) is 30.3 Å². The molecule has 0 N–H and O–H groups in total. The minimum Gasteiger partial charge on any atom is -0.379 e. The molecule has 1 aliphatic heterocycles. The Morgan fingerprint density at radius 3 is 2.53 bits per heavy atom. The summed E-state index contributed by atoms with van der Waals surface area (Å²) in [5.41, 5.74) is 1.46. The van der Waals surface area contributed by atoms with Crippen LogP contribution in [0.5, 0.6) is 0 Å². The first kappa shape index (κ1) is 14.9. The van der Waals surface area contributed by atoms with Gasteiger partial charge in [-0.1, -0.05) is 26.0 Å². The van der Waals surface area contributed by atoms with E-state index in [0.717, 1.165) is 26.3 Å². The molecular formula is C16H25NOS. The molecule has 2 nitrogen and oxygen atoms in total. The molecule has 106 valence electrons. The highest BCUT2D eigenvalue weighted by atomic mass is 32.2. The maximum Gasteiger partial charge on any atom is 0.0594 e. The van der Waals surface area contributed by atoms with E-state index < -0.39 is 0 Å². The average Bonchev–Trinajstić information content (AvgIpc) is 2.48. The molecule has 0 aliphatic carbocycles. The van der Waals surface area contributed by atoms with Crippen LogP contribution in [0.2, 0.25) is 0 Å². The molecule has 1 aliphatic rings. The molecule has 0 spiro atoms. The number of morpholine rings is 1. The number of hydrogen-bond donors (Lipinski definition) is 0. The van der Waals surface area contributed by atoms with Crippen molar-refractivity contribution >= 4 is 11.8 Å². The molecule has 1 unspecified atom stereocenters. The maximum absolute atomic E-state index is 5.36. The van der Waals surface area contributed by atoms with E-state index in [-0.39, 0.29) is 0 Å². The molecule has 0 aromatic heterocycles. The molecule has 0 radical (unpaired) electrons. The highest BCUT2D eigenvalue weighted by Crippen LogP contribution is 2.23. The second kappa shape index (κ2) is 7.93. The van der Waals surface area contributed by atoms with Crippen molar-refractivity contribution in [3.8, 4) is 0 Å². The second-order valence-corrected chi connectivity index (χ2v) is 6.35. The van der Waals surface area contributed by atoms with Crippen LogP contribution in [0.1, 0.15) is 31.7 Å². The third-order valence-corrected chi connectivity index (χ3v) is 4.83. The van der Waals surface area contributed by atoms with E-state index in [1.54, 1.807) is 0 Å². The standard InChI is InChI=1S/C16H25NOS/c1-3-14(2)15-4-6-16(7-5-15)19-13-10-17-8-11-18-12-9-17/h4-7,14H,3,8-13H2,1-2H3. The summed E-state index contributed by atoms with van der Waals surface area (Å²) in [6.45, 7) is 9.68. The van der Waals surface area contributed by atoms with Crippen molar-refractivity contribution in [3.63, 3.8) is 0 Å². The van der Waals surface area contributed by atoms with E-state index >= 15 is 0 Å². The van der Waals surface area contributed by atoms with Crippen LogP contribution in [0.4, 0.5) is 0 Å². The molecule has 1 saturated heterocycles. The number of rotatable bonds is 6. The van der Waals surface area contributed by atoms with Crippen LogP contribution < -0.4 is 0 Å². The van der Waals surface area contributed by atoms with Gasteiger partial charge in [0.2, 0.25) is 0 Å². The number of thioether (sulfide) groups is 1. The summed E-state index contributed by atoms with van der Waals surface area (Å²) in [5, 5.41) is 0. The van der Waals surface area contributed by atoms with E-state index in [4.69, 9.17) is 4.74 Å². The topological polar surface area (TPSA) is 12.5 Å². The molecule has 1 aromatic carbocycles. The van der Waals surface area contributed by atoms with Gasteiger partial charge in [-0.3, -0.25) is 4.90 Å². The fourth-order valence-corrected chi connectivity index (χ4v) is 3.16. The van der Waals surface area contributed by atoms with Crippen molar-refractivity contribution in [2.75, 3.05) is 38.6 Å². The normalized spacial score (nSPS) is 18.4. The molecule has 3 heteroatoms. The third kappa shape index (κ3) is 4.83. The van der Waals surface area contributed by atoms with Gasteiger partial charge in [-0.05, 0) is 30.0 Å². The lowest BCUT2D eigenvalue weighted by molar-refractivity contribution is 0.0410. The van der Waals surface area contributed by atoms with Gasteiger partial charge >= 0.3 is 0 Å². The van der Waals surface area contributed by atoms with Crippen LogP contribution in [0.15, 0.2) is 29.2 Å². The molecule has 1 atom stereocenters. The van der Waals surface area contributed by atoms with E-state index in [1.807, 2.05) is 11.8 Å². The highest BCUT2D eigenvalue weighted by molar-refractivity contribution is 7.99. The van der Waals surface area contributed by atoms with Gasteiger partial charge in [0.1, 0.15) is 0 Å². The Morgan fingerprint density at radius 1 is 1.21 bits per heavy atom. The predicted molar refractivity (Wildman–Crippen MR) is 83.1 cm³/mol. The van der Waals surface area contributed by atoms with E-state index in [9.17, 15) is 0 Å². The Balaban J connectivity index is 1.73. The van der Waals surface area contributed by atoms with Crippen LogP contribution in [0.3, 0.4) is 0 Å². The summed E-state index contributed by atoms with van der Waals surface area (Å²) in [5.74, 6) is 1.84. The van der Waals surface area contributed by atoms with Gasteiger partial charge in [0.05, 0.1) is 13.2 Å². The molecule has 2 rings (SSSR count). The first-order chi connectivity index (χ1) is 9.29. The van der Waals surface area contributed by atoms with Crippen LogP contribution in [-0.2, 0) is 4.74 Å². The van der Waals surface area contributed by atoms with Crippen molar-refractivity contribution in [1.29, 1.82) is 0 Å². The van der Waals surface area contributed by atoms with Gasteiger partial charge in [0.15, 0.2) is 0 Å². The number of nitrogens with zero attached hydrogens (tertiary/aromatic N) is 1. The predicted octanol–water partition coefficient (Wildman–Crippen LogP) is 3.62. The van der Waals surface area contributed by atoms with Gasteiger partial charge in [-0.15, -0.1) is 11.8 Å². The fraction of sp³-hybridized carbons (Fsp3) is 0.625. The Labute approximate surface area is 121 Å². The van der Waals surface area contributed by atoms with E-state index in [2.05, 4.69) is 43.0 Å². The molecule has 1 aromatic rings. The molecule has 1 fully saturated rings. The highest BCUT2D eigenvalue weighted by Gasteiger charge is 2.09. The molecule has 19 heavy (non-hydrogen) atoms. The zero-order valence-corrected chi connectivity index (χ0v) is 12.9. The van der Waals surface area contributed by atoms with Crippen molar-refractivity contribution < 1.29 is 4.74 Å². The maximum atomic E-state index is 5.36. The van der Waals surface area contributed by atoms with Crippen LogP contribution in [-0.4, -0.2) is 43.5 Å². The summed E-state index contributed by atoms with van der Waals surface area (Å²) in [6, 6.07) is 9.10. The fourth-order valence-electron chi connectivity index (χ4n) is 2.25. The van der Waals surface area contributed by atoms with Crippen molar-refractivity contribution in [2.45, 2.75) is 31.1 Å². The molecule has 0 bridgehead atoms. The minimum absolute atomic E-state index is 0.674. The van der Waals surface area contributed by atoms with Crippen LogP contribution in [0, 0.1) is 0 Å². The van der Waals surface area contributed by atoms with Gasteiger partial charge in [0.25, 0.3) is 0 Å². The average molecular weight is 279 g/mol. The Kier molecular flexibility index (Phi) is 6.21. The van der Waals surface area contributed by atoms with Crippen LogP contribution in [0.25, 0.3) is 0 Å². The summed E-state index contributed by atoms with van der Waals surface area (Å²) < 4.78 is 5.36. The summed E-state index contributed by atoms with van der Waals surface area (Å²) in [7, 11) is 0. The zero-order chi connectivity index (χ0) is 13.5.